The predicted octanol–water partition coefficient (Wildman–Crippen LogP) is 3.73. The first-order valence-electron chi connectivity index (χ1n) is 9.69. The van der Waals surface area contributed by atoms with Gasteiger partial charge in [-0.2, -0.15) is 5.26 Å². The zero-order valence-corrected chi connectivity index (χ0v) is 16.4. The van der Waals surface area contributed by atoms with E-state index >= 15 is 0 Å². The van der Waals surface area contributed by atoms with Gasteiger partial charge in [-0.1, -0.05) is 24.3 Å². The number of hydrogen-bond acceptors (Lipinski definition) is 5. The third-order valence-electron chi connectivity index (χ3n) is 4.21. The maximum atomic E-state index is 12.1. The molecule has 0 atom stereocenters. The van der Waals surface area contributed by atoms with Gasteiger partial charge in [-0.15, -0.1) is 0 Å². The van der Waals surface area contributed by atoms with E-state index in [1.165, 1.54) is 0 Å². The number of hydrogen-bond donors (Lipinski definition) is 1. The van der Waals surface area contributed by atoms with Crippen LogP contribution in [-0.2, 0) is 4.79 Å². The fourth-order valence-electron chi connectivity index (χ4n) is 2.64. The van der Waals surface area contributed by atoms with Crippen molar-refractivity contribution >= 4 is 12.0 Å². The minimum Gasteiger partial charge on any atom is -0.490 e. The maximum absolute atomic E-state index is 12.1. The summed E-state index contributed by atoms with van der Waals surface area (Å²) >= 11 is 0. The van der Waals surface area contributed by atoms with Crippen molar-refractivity contribution in [2.75, 3.05) is 19.8 Å². The molecule has 3 rings (SSSR count). The molecule has 1 aliphatic rings. The van der Waals surface area contributed by atoms with Crippen molar-refractivity contribution in [3.63, 3.8) is 0 Å². The molecule has 6 nitrogen and oxygen atoms in total. The van der Waals surface area contributed by atoms with Crippen molar-refractivity contribution in [3.05, 3.63) is 59.7 Å². The molecule has 0 spiro atoms. The molecule has 150 valence electrons. The molecular weight excluding hydrogens is 368 g/mol. The van der Waals surface area contributed by atoms with Crippen molar-refractivity contribution in [3.8, 4) is 23.3 Å². The number of rotatable bonds is 10. The lowest BCUT2D eigenvalue weighted by Gasteiger charge is -2.13. The maximum Gasteiger partial charge on any atom is 0.262 e. The minimum absolute atomic E-state index is 0.0734. The zero-order valence-electron chi connectivity index (χ0n) is 16.4. The molecule has 1 saturated carbocycles. The molecule has 0 aliphatic heterocycles. The van der Waals surface area contributed by atoms with Crippen LogP contribution in [0.3, 0.4) is 0 Å². The Hall–Kier alpha value is -3.46. The van der Waals surface area contributed by atoms with Gasteiger partial charge in [0, 0.05) is 6.04 Å². The van der Waals surface area contributed by atoms with Gasteiger partial charge in [0.1, 0.15) is 30.6 Å². The van der Waals surface area contributed by atoms with E-state index in [1.54, 1.807) is 24.3 Å². The van der Waals surface area contributed by atoms with Gasteiger partial charge in [-0.25, -0.2) is 0 Å². The zero-order chi connectivity index (χ0) is 20.5. The monoisotopic (exact) mass is 392 g/mol. The first kappa shape index (κ1) is 20.3. The molecule has 0 radical (unpaired) electrons. The van der Waals surface area contributed by atoms with E-state index in [-0.39, 0.29) is 17.5 Å². The van der Waals surface area contributed by atoms with Crippen LogP contribution in [-0.4, -0.2) is 31.8 Å². The van der Waals surface area contributed by atoms with Gasteiger partial charge in [0.05, 0.1) is 6.61 Å². The summed E-state index contributed by atoms with van der Waals surface area (Å²) in [6.07, 6.45) is 3.50. The van der Waals surface area contributed by atoms with Crippen LogP contribution in [0.15, 0.2) is 54.1 Å². The largest absolute Gasteiger partial charge is 0.490 e. The van der Waals surface area contributed by atoms with Gasteiger partial charge >= 0.3 is 0 Å². The first-order valence-corrected chi connectivity index (χ1v) is 9.69. The van der Waals surface area contributed by atoms with Crippen molar-refractivity contribution in [2.24, 2.45) is 0 Å². The van der Waals surface area contributed by atoms with E-state index in [1.807, 2.05) is 43.3 Å². The summed E-state index contributed by atoms with van der Waals surface area (Å²) in [6.45, 7) is 3.11. The van der Waals surface area contributed by atoms with E-state index in [9.17, 15) is 10.1 Å². The number of nitriles is 1. The first-order chi connectivity index (χ1) is 14.2. The predicted molar refractivity (Wildman–Crippen MR) is 110 cm³/mol. The second-order valence-electron chi connectivity index (χ2n) is 6.57. The molecule has 0 bridgehead atoms. The number of nitrogens with one attached hydrogen (secondary N) is 1. The van der Waals surface area contributed by atoms with E-state index < -0.39 is 0 Å². The Morgan fingerprint density at radius 3 is 2.55 bits per heavy atom. The van der Waals surface area contributed by atoms with Crippen LogP contribution < -0.4 is 19.5 Å². The molecule has 1 N–H and O–H groups in total. The third-order valence-corrected chi connectivity index (χ3v) is 4.21. The lowest BCUT2D eigenvalue weighted by atomic mass is 10.1. The van der Waals surface area contributed by atoms with Crippen molar-refractivity contribution < 1.29 is 19.0 Å². The standard InChI is InChI=1S/C23H24N2O4/c1-2-27-22-15-17(14-18(16-24)23(26)25-19-9-10-19)8-11-21(22)29-13-12-28-20-6-4-3-5-7-20/h3-8,11,14-15,19H,2,9-10,12-13H2,1H3,(H,25,26)/b18-14+. The molecule has 2 aromatic rings. The Kier molecular flexibility index (Phi) is 7.12. The SMILES string of the molecule is CCOc1cc(/C=C(\C#N)C(=O)NC2CC2)ccc1OCCOc1ccccc1. The van der Waals surface area contributed by atoms with Gasteiger partial charge in [0.15, 0.2) is 11.5 Å². The molecule has 1 amide bonds. The minimum atomic E-state index is -0.341. The Bertz CT molecular complexity index is 899. The average molecular weight is 392 g/mol. The van der Waals surface area contributed by atoms with Gasteiger partial charge in [-0.05, 0) is 55.7 Å². The Balaban J connectivity index is 1.63. The van der Waals surface area contributed by atoms with Crippen molar-refractivity contribution in [1.29, 1.82) is 5.26 Å². The molecule has 0 heterocycles. The van der Waals surface area contributed by atoms with Crippen LogP contribution in [0.5, 0.6) is 17.2 Å². The lowest BCUT2D eigenvalue weighted by molar-refractivity contribution is -0.117. The highest BCUT2D eigenvalue weighted by molar-refractivity contribution is 6.02. The van der Waals surface area contributed by atoms with Gasteiger partial charge in [0.2, 0.25) is 0 Å². The van der Waals surface area contributed by atoms with Crippen LogP contribution in [0, 0.1) is 11.3 Å². The van der Waals surface area contributed by atoms with Crippen LogP contribution >= 0.6 is 0 Å². The van der Waals surface area contributed by atoms with E-state index in [0.717, 1.165) is 18.6 Å². The van der Waals surface area contributed by atoms with E-state index in [0.29, 0.717) is 36.9 Å². The second kappa shape index (κ2) is 10.2. The molecular formula is C23H24N2O4. The number of benzene rings is 2. The Morgan fingerprint density at radius 1 is 1.10 bits per heavy atom. The number of ether oxygens (including phenoxy) is 3. The highest BCUT2D eigenvalue weighted by Crippen LogP contribution is 2.29. The van der Waals surface area contributed by atoms with Crippen LogP contribution in [0.1, 0.15) is 25.3 Å². The normalized spacial score (nSPS) is 13.3. The summed E-state index contributed by atoms with van der Waals surface area (Å²) in [6, 6.07) is 17.0. The highest BCUT2D eigenvalue weighted by Gasteiger charge is 2.24. The number of para-hydroxylation sites is 1. The third kappa shape index (κ3) is 6.28. The Morgan fingerprint density at radius 2 is 1.86 bits per heavy atom. The molecule has 0 saturated heterocycles. The summed E-state index contributed by atoms with van der Waals surface area (Å²) < 4.78 is 17.1. The fraction of sp³-hybridized carbons (Fsp3) is 0.304. The number of carbonyl (C=O) groups excluding carboxylic acids is 1. The number of nitrogens with zero attached hydrogens (tertiary/aromatic N) is 1. The number of amides is 1. The van der Waals surface area contributed by atoms with Gasteiger partial charge < -0.3 is 19.5 Å². The van der Waals surface area contributed by atoms with Gasteiger partial charge in [0.25, 0.3) is 5.91 Å². The molecule has 1 aliphatic carbocycles. The topological polar surface area (TPSA) is 80.6 Å². The smallest absolute Gasteiger partial charge is 0.262 e. The summed E-state index contributed by atoms with van der Waals surface area (Å²) in [5.74, 6) is 1.59. The molecule has 2 aromatic carbocycles. The number of carbonyl (C=O) groups is 1. The lowest BCUT2D eigenvalue weighted by Crippen LogP contribution is -2.26. The summed E-state index contributed by atoms with van der Waals surface area (Å²) in [7, 11) is 0. The molecule has 6 heteroatoms. The summed E-state index contributed by atoms with van der Waals surface area (Å²) in [4.78, 5) is 12.1. The summed E-state index contributed by atoms with van der Waals surface area (Å²) in [5, 5.41) is 12.1. The fourth-order valence-corrected chi connectivity index (χ4v) is 2.64. The van der Waals surface area contributed by atoms with Crippen molar-refractivity contribution in [1.82, 2.24) is 5.32 Å². The van der Waals surface area contributed by atoms with E-state index in [4.69, 9.17) is 14.2 Å². The Labute approximate surface area is 170 Å². The average Bonchev–Trinajstić information content (AvgIpc) is 3.55. The van der Waals surface area contributed by atoms with E-state index in [2.05, 4.69) is 5.32 Å². The summed E-state index contributed by atoms with van der Waals surface area (Å²) in [5.41, 5.74) is 0.771. The van der Waals surface area contributed by atoms with Crippen molar-refractivity contribution in [2.45, 2.75) is 25.8 Å². The molecule has 0 unspecified atom stereocenters. The van der Waals surface area contributed by atoms with Crippen LogP contribution in [0.25, 0.3) is 6.08 Å². The molecule has 29 heavy (non-hydrogen) atoms. The molecule has 1 fully saturated rings. The second-order valence-corrected chi connectivity index (χ2v) is 6.57. The highest BCUT2D eigenvalue weighted by atomic mass is 16.5. The van der Waals surface area contributed by atoms with Crippen LogP contribution in [0.4, 0.5) is 0 Å². The van der Waals surface area contributed by atoms with Crippen LogP contribution in [0.2, 0.25) is 0 Å². The molecule has 0 aromatic heterocycles. The quantitative estimate of drug-likeness (QED) is 0.379. The van der Waals surface area contributed by atoms with Gasteiger partial charge in [-0.3, -0.25) is 4.79 Å².